The number of ether oxygens (including phenoxy) is 1. The summed E-state index contributed by atoms with van der Waals surface area (Å²) in [5.74, 6) is -0.0430. The molecule has 0 saturated carbocycles. The largest absolute Gasteiger partial charge is 0.469 e. The first-order valence-electron chi connectivity index (χ1n) is 7.32. The number of nitrogens with one attached hydrogen (secondary N) is 1. The van der Waals surface area contributed by atoms with Crippen LogP contribution in [-0.2, 0) is 9.53 Å². The van der Waals surface area contributed by atoms with Gasteiger partial charge in [-0.3, -0.25) is 9.59 Å². The van der Waals surface area contributed by atoms with Gasteiger partial charge in [-0.2, -0.15) is 0 Å². The van der Waals surface area contributed by atoms with E-state index in [0.29, 0.717) is 11.5 Å². The van der Waals surface area contributed by atoms with Crippen LogP contribution >= 0.6 is 0 Å². The first-order valence-corrected chi connectivity index (χ1v) is 7.32. The minimum atomic E-state index is -0.553. The molecule has 0 amide bonds. The Balaban J connectivity index is 2.90. The van der Waals surface area contributed by atoms with Crippen LogP contribution in [0.1, 0.15) is 56.0 Å². The summed E-state index contributed by atoms with van der Waals surface area (Å²) in [6, 6.07) is 7.12. The lowest BCUT2D eigenvalue weighted by Crippen LogP contribution is -2.42. The summed E-state index contributed by atoms with van der Waals surface area (Å²) in [7, 11) is 1.33. The van der Waals surface area contributed by atoms with Crippen molar-refractivity contribution in [2.45, 2.75) is 52.1 Å². The van der Waals surface area contributed by atoms with Crippen LogP contribution in [-0.4, -0.2) is 30.9 Å². The van der Waals surface area contributed by atoms with Crippen LogP contribution in [0.2, 0.25) is 0 Å². The molecule has 1 aromatic rings. The highest BCUT2D eigenvalue weighted by Crippen LogP contribution is 2.16. The van der Waals surface area contributed by atoms with Crippen molar-refractivity contribution in [3.63, 3.8) is 0 Å². The Morgan fingerprint density at radius 3 is 2.10 bits per heavy atom. The van der Waals surface area contributed by atoms with E-state index in [4.69, 9.17) is 0 Å². The molecule has 1 atom stereocenters. The van der Waals surface area contributed by atoms with E-state index < -0.39 is 6.04 Å². The quantitative estimate of drug-likeness (QED) is 0.620. The normalized spacial score (nSPS) is 12.5. The second-order valence-corrected chi connectivity index (χ2v) is 5.80. The second kappa shape index (κ2) is 7.93. The van der Waals surface area contributed by atoms with Crippen molar-refractivity contribution in [1.82, 2.24) is 5.32 Å². The average molecular weight is 291 g/mol. The van der Waals surface area contributed by atoms with Crippen molar-refractivity contribution in [2.75, 3.05) is 7.11 Å². The lowest BCUT2D eigenvalue weighted by Gasteiger charge is -2.19. The zero-order valence-corrected chi connectivity index (χ0v) is 13.5. The van der Waals surface area contributed by atoms with Crippen LogP contribution in [0.15, 0.2) is 24.3 Å². The monoisotopic (exact) mass is 291 g/mol. The van der Waals surface area contributed by atoms with E-state index >= 15 is 0 Å². The minimum Gasteiger partial charge on any atom is -0.469 e. The Morgan fingerprint density at radius 2 is 1.67 bits per heavy atom. The molecule has 0 aliphatic carbocycles. The number of rotatable bonds is 7. The number of carbonyl (C=O) groups excluding carboxylic acids is 2. The summed E-state index contributed by atoms with van der Waals surface area (Å²) in [4.78, 5) is 24.0. The van der Waals surface area contributed by atoms with Gasteiger partial charge in [0.15, 0.2) is 5.78 Å². The van der Waals surface area contributed by atoms with Gasteiger partial charge in [-0.15, -0.1) is 0 Å². The highest BCUT2D eigenvalue weighted by atomic mass is 16.5. The van der Waals surface area contributed by atoms with Crippen molar-refractivity contribution in [3.8, 4) is 0 Å². The fourth-order valence-corrected chi connectivity index (χ4v) is 2.11. The van der Waals surface area contributed by atoms with Crippen LogP contribution in [0.3, 0.4) is 0 Å². The molecule has 21 heavy (non-hydrogen) atoms. The van der Waals surface area contributed by atoms with Gasteiger partial charge >= 0.3 is 5.97 Å². The van der Waals surface area contributed by atoms with Gasteiger partial charge in [0.1, 0.15) is 0 Å². The van der Waals surface area contributed by atoms with Crippen LogP contribution < -0.4 is 5.32 Å². The third-order valence-corrected chi connectivity index (χ3v) is 3.31. The summed E-state index contributed by atoms with van der Waals surface area (Å²) >= 11 is 0. The topological polar surface area (TPSA) is 55.4 Å². The Labute approximate surface area is 126 Å². The van der Waals surface area contributed by atoms with Crippen LogP contribution in [0.5, 0.6) is 0 Å². The molecule has 0 aliphatic rings. The SMILES string of the molecule is COC(=O)CC(NC(C)C)C(=O)c1ccc(C(C)C)cc1. The van der Waals surface area contributed by atoms with Crippen molar-refractivity contribution in [2.24, 2.45) is 0 Å². The van der Waals surface area contributed by atoms with Gasteiger partial charge in [-0.05, 0) is 11.5 Å². The maximum absolute atomic E-state index is 12.5. The molecule has 0 aromatic heterocycles. The summed E-state index contributed by atoms with van der Waals surface area (Å²) in [5, 5.41) is 3.13. The molecule has 0 spiro atoms. The lowest BCUT2D eigenvalue weighted by molar-refractivity contribution is -0.141. The molecule has 0 heterocycles. The zero-order chi connectivity index (χ0) is 16.0. The van der Waals surface area contributed by atoms with Gasteiger partial charge in [0.05, 0.1) is 19.6 Å². The van der Waals surface area contributed by atoms with Gasteiger partial charge in [0.25, 0.3) is 0 Å². The standard InChI is InChI=1S/C17H25NO3/c1-11(2)13-6-8-14(9-7-13)17(20)15(18-12(3)4)10-16(19)21-5/h6-9,11-12,15,18H,10H2,1-5H3. The predicted molar refractivity (Wildman–Crippen MR) is 83.6 cm³/mol. The van der Waals surface area contributed by atoms with Crippen molar-refractivity contribution < 1.29 is 14.3 Å². The van der Waals surface area contributed by atoms with Gasteiger partial charge in [0, 0.05) is 11.6 Å². The number of ketones is 1. The summed E-state index contributed by atoms with van der Waals surface area (Å²) in [6.07, 6.45) is 0.0411. The molecule has 0 saturated heterocycles. The fourth-order valence-electron chi connectivity index (χ4n) is 2.11. The van der Waals surface area contributed by atoms with Gasteiger partial charge in [-0.1, -0.05) is 52.0 Å². The number of hydrogen-bond acceptors (Lipinski definition) is 4. The first-order chi connectivity index (χ1) is 9.85. The predicted octanol–water partition coefficient (Wildman–Crippen LogP) is 2.92. The van der Waals surface area contributed by atoms with Crippen molar-refractivity contribution in [3.05, 3.63) is 35.4 Å². The van der Waals surface area contributed by atoms with E-state index in [1.165, 1.54) is 12.7 Å². The molecule has 116 valence electrons. The third-order valence-electron chi connectivity index (χ3n) is 3.31. The van der Waals surface area contributed by atoms with Crippen molar-refractivity contribution in [1.29, 1.82) is 0 Å². The lowest BCUT2D eigenvalue weighted by atomic mass is 9.97. The summed E-state index contributed by atoms with van der Waals surface area (Å²) in [5.41, 5.74) is 1.80. The zero-order valence-electron chi connectivity index (χ0n) is 13.5. The van der Waals surface area contributed by atoms with Crippen molar-refractivity contribution >= 4 is 11.8 Å². The first kappa shape index (κ1) is 17.4. The smallest absolute Gasteiger partial charge is 0.307 e. The molecular formula is C17H25NO3. The number of hydrogen-bond donors (Lipinski definition) is 1. The molecule has 1 unspecified atom stereocenters. The molecule has 1 rings (SSSR count). The van der Waals surface area contributed by atoms with E-state index in [1.807, 2.05) is 38.1 Å². The van der Waals surface area contributed by atoms with Crippen LogP contribution in [0.4, 0.5) is 0 Å². The Bertz CT molecular complexity index is 477. The van der Waals surface area contributed by atoms with E-state index in [0.717, 1.165) is 0 Å². The molecule has 0 bridgehead atoms. The van der Waals surface area contributed by atoms with Gasteiger partial charge < -0.3 is 10.1 Å². The van der Waals surface area contributed by atoms with E-state index in [2.05, 4.69) is 23.9 Å². The Morgan fingerprint density at radius 1 is 1.10 bits per heavy atom. The number of carbonyl (C=O) groups is 2. The maximum Gasteiger partial charge on any atom is 0.307 e. The van der Waals surface area contributed by atoms with Crippen LogP contribution in [0.25, 0.3) is 0 Å². The second-order valence-electron chi connectivity index (χ2n) is 5.80. The molecular weight excluding hydrogens is 266 g/mol. The minimum absolute atomic E-state index is 0.0411. The van der Waals surface area contributed by atoms with E-state index in [1.54, 1.807) is 0 Å². The van der Waals surface area contributed by atoms with Gasteiger partial charge in [-0.25, -0.2) is 0 Å². The number of esters is 1. The Kier molecular flexibility index (Phi) is 6.56. The number of benzene rings is 1. The van der Waals surface area contributed by atoms with E-state index in [-0.39, 0.29) is 24.2 Å². The molecule has 1 N–H and O–H groups in total. The number of Topliss-reactive ketones (excluding diaryl/α,β-unsaturated/α-hetero) is 1. The highest BCUT2D eigenvalue weighted by molar-refractivity contribution is 6.01. The van der Waals surface area contributed by atoms with Gasteiger partial charge in [0.2, 0.25) is 0 Å². The highest BCUT2D eigenvalue weighted by Gasteiger charge is 2.24. The molecule has 0 fully saturated rings. The number of methoxy groups -OCH3 is 1. The average Bonchev–Trinajstić information content (AvgIpc) is 2.45. The fraction of sp³-hybridized carbons (Fsp3) is 0.529. The molecule has 1 aromatic carbocycles. The summed E-state index contributed by atoms with van der Waals surface area (Å²) < 4.78 is 4.67. The van der Waals surface area contributed by atoms with Crippen LogP contribution in [0, 0.1) is 0 Å². The maximum atomic E-state index is 12.5. The molecule has 0 aliphatic heterocycles. The molecule has 4 heteroatoms. The molecule has 4 nitrogen and oxygen atoms in total. The van der Waals surface area contributed by atoms with E-state index in [9.17, 15) is 9.59 Å². The summed E-state index contributed by atoms with van der Waals surface area (Å²) in [6.45, 7) is 8.10. The molecule has 0 radical (unpaired) electrons. The third kappa shape index (κ3) is 5.31. The Hall–Kier alpha value is -1.68.